The molecule has 2 atom stereocenters. The van der Waals surface area contributed by atoms with Crippen LogP contribution in [0.3, 0.4) is 0 Å². The Kier molecular flexibility index (Phi) is 4.11. The fourth-order valence-electron chi connectivity index (χ4n) is 2.74. The molecule has 0 bridgehead atoms. The summed E-state index contributed by atoms with van der Waals surface area (Å²) >= 11 is 0. The predicted octanol–water partition coefficient (Wildman–Crippen LogP) is 2.13. The second kappa shape index (κ2) is 6.17. The fourth-order valence-corrected chi connectivity index (χ4v) is 2.74. The summed E-state index contributed by atoms with van der Waals surface area (Å²) in [5.74, 6) is 1.51. The van der Waals surface area contributed by atoms with Gasteiger partial charge in [-0.1, -0.05) is 19.8 Å². The van der Waals surface area contributed by atoms with Crippen molar-refractivity contribution in [3.63, 3.8) is 0 Å². The number of hydrogen-bond acceptors (Lipinski definition) is 5. The van der Waals surface area contributed by atoms with Gasteiger partial charge in [0.25, 0.3) is 0 Å². The van der Waals surface area contributed by atoms with Gasteiger partial charge in [0.05, 0.1) is 12.7 Å². The molecule has 1 aliphatic rings. The summed E-state index contributed by atoms with van der Waals surface area (Å²) in [5, 5.41) is 15.4. The van der Waals surface area contributed by atoms with E-state index >= 15 is 0 Å². The molecule has 0 amide bonds. The topological polar surface area (TPSA) is 64.3 Å². The summed E-state index contributed by atoms with van der Waals surface area (Å²) in [7, 11) is 0. The number of rotatable bonds is 5. The Morgan fingerprint density at radius 3 is 3.15 bits per heavy atom. The second-order valence-corrected chi connectivity index (χ2v) is 5.45. The van der Waals surface area contributed by atoms with Crippen molar-refractivity contribution < 1.29 is 4.74 Å². The van der Waals surface area contributed by atoms with Gasteiger partial charge in [0.2, 0.25) is 0 Å². The number of aromatic nitrogens is 4. The van der Waals surface area contributed by atoms with E-state index in [1.807, 2.05) is 12.1 Å². The van der Waals surface area contributed by atoms with Crippen molar-refractivity contribution >= 4 is 11.5 Å². The third-order valence-corrected chi connectivity index (χ3v) is 3.93. The van der Waals surface area contributed by atoms with Gasteiger partial charge in [0.15, 0.2) is 5.65 Å². The lowest BCUT2D eigenvalue weighted by atomic mass is 9.88. The van der Waals surface area contributed by atoms with Crippen LogP contribution in [-0.4, -0.2) is 39.1 Å². The molecule has 2 aromatic heterocycles. The van der Waals surface area contributed by atoms with Crippen molar-refractivity contribution in [3.8, 4) is 0 Å². The number of fused-ring (bicyclic) bond motifs is 1. The summed E-state index contributed by atoms with van der Waals surface area (Å²) in [6.07, 6.45) is 7.17. The highest BCUT2D eigenvalue weighted by Gasteiger charge is 2.21. The Balaban J connectivity index is 1.45. The number of nitrogens with zero attached hydrogens (tertiary/aromatic N) is 4. The smallest absolute Gasteiger partial charge is 0.177 e. The monoisotopic (exact) mass is 275 g/mol. The number of nitrogens with one attached hydrogen (secondary N) is 1. The van der Waals surface area contributed by atoms with Crippen molar-refractivity contribution in [2.45, 2.75) is 38.7 Å². The van der Waals surface area contributed by atoms with Crippen LogP contribution in [0, 0.1) is 5.92 Å². The van der Waals surface area contributed by atoms with Crippen LogP contribution in [0.25, 0.3) is 5.65 Å². The molecule has 0 aliphatic heterocycles. The zero-order valence-electron chi connectivity index (χ0n) is 11.8. The number of anilines is 1. The highest BCUT2D eigenvalue weighted by atomic mass is 16.5. The zero-order chi connectivity index (χ0) is 13.8. The molecule has 3 rings (SSSR count). The van der Waals surface area contributed by atoms with Crippen LogP contribution < -0.4 is 5.32 Å². The maximum atomic E-state index is 5.97. The third-order valence-electron chi connectivity index (χ3n) is 3.93. The highest BCUT2D eigenvalue weighted by molar-refractivity contribution is 5.42. The molecule has 2 aromatic rings. The molecule has 6 heteroatoms. The molecule has 1 fully saturated rings. The summed E-state index contributed by atoms with van der Waals surface area (Å²) < 4.78 is 7.63. The van der Waals surface area contributed by atoms with Crippen LogP contribution in [-0.2, 0) is 4.74 Å². The Morgan fingerprint density at radius 1 is 1.35 bits per heavy atom. The molecule has 0 saturated heterocycles. The first kappa shape index (κ1) is 13.3. The molecular formula is C14H21N5O. The van der Waals surface area contributed by atoms with E-state index in [9.17, 15) is 0 Å². The van der Waals surface area contributed by atoms with Crippen molar-refractivity contribution in [2.24, 2.45) is 5.92 Å². The zero-order valence-corrected chi connectivity index (χ0v) is 11.8. The summed E-state index contributed by atoms with van der Waals surface area (Å²) in [6, 6.07) is 3.81. The first-order chi connectivity index (χ1) is 9.83. The molecule has 0 aromatic carbocycles. The molecule has 1 saturated carbocycles. The van der Waals surface area contributed by atoms with Crippen molar-refractivity contribution in [1.82, 2.24) is 19.8 Å². The van der Waals surface area contributed by atoms with Crippen LogP contribution in [0.15, 0.2) is 18.5 Å². The average molecular weight is 275 g/mol. The van der Waals surface area contributed by atoms with E-state index in [2.05, 4.69) is 27.5 Å². The van der Waals surface area contributed by atoms with Crippen LogP contribution in [0.1, 0.15) is 32.6 Å². The van der Waals surface area contributed by atoms with E-state index in [-0.39, 0.29) is 0 Å². The lowest BCUT2D eigenvalue weighted by Gasteiger charge is -2.28. The van der Waals surface area contributed by atoms with E-state index in [4.69, 9.17) is 4.74 Å². The lowest BCUT2D eigenvalue weighted by molar-refractivity contribution is 0.000368. The molecule has 1 aliphatic carbocycles. The quantitative estimate of drug-likeness (QED) is 0.847. The van der Waals surface area contributed by atoms with Gasteiger partial charge in [-0.2, -0.15) is 4.52 Å². The first-order valence-electron chi connectivity index (χ1n) is 7.35. The summed E-state index contributed by atoms with van der Waals surface area (Å²) in [6.45, 7) is 3.78. The van der Waals surface area contributed by atoms with Crippen molar-refractivity contribution in [3.05, 3.63) is 18.5 Å². The van der Waals surface area contributed by atoms with Gasteiger partial charge in [-0.25, -0.2) is 0 Å². The second-order valence-electron chi connectivity index (χ2n) is 5.45. The fraction of sp³-hybridized carbons (Fsp3) is 0.643. The van der Waals surface area contributed by atoms with Crippen LogP contribution in [0.4, 0.5) is 5.82 Å². The molecule has 6 nitrogen and oxygen atoms in total. The largest absolute Gasteiger partial charge is 0.376 e. The Labute approximate surface area is 118 Å². The maximum Gasteiger partial charge on any atom is 0.177 e. The van der Waals surface area contributed by atoms with E-state index < -0.39 is 0 Å². The highest BCUT2D eigenvalue weighted by Crippen LogP contribution is 2.26. The van der Waals surface area contributed by atoms with Gasteiger partial charge >= 0.3 is 0 Å². The van der Waals surface area contributed by atoms with Crippen LogP contribution >= 0.6 is 0 Å². The van der Waals surface area contributed by atoms with E-state index in [0.717, 1.165) is 24.6 Å². The first-order valence-corrected chi connectivity index (χ1v) is 7.35. The van der Waals surface area contributed by atoms with Crippen LogP contribution in [0.2, 0.25) is 0 Å². The van der Waals surface area contributed by atoms with Gasteiger partial charge in [0, 0.05) is 6.54 Å². The van der Waals surface area contributed by atoms with Gasteiger partial charge in [-0.05, 0) is 30.9 Å². The third kappa shape index (κ3) is 3.07. The minimum Gasteiger partial charge on any atom is -0.376 e. The van der Waals surface area contributed by atoms with Gasteiger partial charge < -0.3 is 10.1 Å². The minimum atomic E-state index is 0.429. The molecule has 20 heavy (non-hydrogen) atoms. The van der Waals surface area contributed by atoms with Gasteiger partial charge in [-0.3, -0.25) is 0 Å². The summed E-state index contributed by atoms with van der Waals surface area (Å²) in [4.78, 5) is 0. The molecule has 0 spiro atoms. The number of hydrogen-bond donors (Lipinski definition) is 1. The van der Waals surface area contributed by atoms with Crippen molar-refractivity contribution in [1.29, 1.82) is 0 Å². The lowest BCUT2D eigenvalue weighted by Crippen LogP contribution is -2.27. The SMILES string of the molecule is C[C@@H]1CCCC[C@@H]1OCCNc1ccc2nncn2n1. The standard InChI is InChI=1S/C14H21N5O/c1-11-4-2-3-5-12(11)20-9-8-15-13-6-7-14-17-16-10-19(14)18-13/h6-7,10-12H,2-5,8-9H2,1H3,(H,15,18)/t11-,12+/m1/s1. The molecule has 0 unspecified atom stereocenters. The van der Waals surface area contributed by atoms with Gasteiger partial charge in [0.1, 0.15) is 12.1 Å². The maximum absolute atomic E-state index is 5.97. The minimum absolute atomic E-state index is 0.429. The molecule has 1 N–H and O–H groups in total. The average Bonchev–Trinajstić information content (AvgIpc) is 2.93. The molecule has 2 heterocycles. The number of ether oxygens (including phenoxy) is 1. The Bertz CT molecular complexity index is 555. The van der Waals surface area contributed by atoms with Crippen LogP contribution in [0.5, 0.6) is 0 Å². The van der Waals surface area contributed by atoms with E-state index in [1.54, 1.807) is 10.8 Å². The van der Waals surface area contributed by atoms with Gasteiger partial charge in [-0.15, -0.1) is 15.3 Å². The molecule has 108 valence electrons. The van der Waals surface area contributed by atoms with E-state index in [1.165, 1.54) is 25.7 Å². The Morgan fingerprint density at radius 2 is 2.25 bits per heavy atom. The summed E-state index contributed by atoms with van der Waals surface area (Å²) in [5.41, 5.74) is 0.753. The molecule has 0 radical (unpaired) electrons. The predicted molar refractivity (Wildman–Crippen MR) is 76.6 cm³/mol. The normalized spacial score (nSPS) is 23.1. The molecular weight excluding hydrogens is 254 g/mol. The van der Waals surface area contributed by atoms with Crippen molar-refractivity contribution in [2.75, 3.05) is 18.5 Å². The van der Waals surface area contributed by atoms with E-state index in [0.29, 0.717) is 12.0 Å². The Hall–Kier alpha value is -1.69.